The van der Waals surface area contributed by atoms with Gasteiger partial charge in [0.15, 0.2) is 0 Å². The Balaban J connectivity index is 1.17. The topological polar surface area (TPSA) is 113 Å². The summed E-state index contributed by atoms with van der Waals surface area (Å²) in [6.07, 6.45) is 9.00. The number of pyridine rings is 2. The largest absolute Gasteiger partial charge is 0.480 e. The third kappa shape index (κ3) is 6.17. The van der Waals surface area contributed by atoms with E-state index in [4.69, 9.17) is 32.9 Å². The van der Waals surface area contributed by atoms with Crippen molar-refractivity contribution in [3.63, 3.8) is 0 Å². The van der Waals surface area contributed by atoms with Gasteiger partial charge in [-0.1, -0.05) is 29.3 Å². The Bertz CT molecular complexity index is 1030. The van der Waals surface area contributed by atoms with E-state index in [1.165, 1.54) is 18.0 Å². The van der Waals surface area contributed by atoms with Crippen LogP contribution in [0.1, 0.15) is 53.7 Å². The van der Waals surface area contributed by atoms with Crippen LogP contribution in [0.4, 0.5) is 5.82 Å². The summed E-state index contributed by atoms with van der Waals surface area (Å²) in [5.41, 5.74) is 2.43. The van der Waals surface area contributed by atoms with Crippen molar-refractivity contribution in [3.05, 3.63) is 51.4 Å². The van der Waals surface area contributed by atoms with Gasteiger partial charge in [0.1, 0.15) is 11.9 Å². The molecule has 0 bridgehead atoms. The van der Waals surface area contributed by atoms with Gasteiger partial charge in [0, 0.05) is 37.7 Å². The number of rotatable bonds is 10. The number of carbonyl (C=O) groups excluding carboxylic acids is 1. The molecule has 0 aromatic carbocycles. The summed E-state index contributed by atoms with van der Waals surface area (Å²) in [6, 6.07) is 3.21. The fourth-order valence-electron chi connectivity index (χ4n) is 4.37. The minimum absolute atomic E-state index is 0.0107. The number of carboxylic acid groups (broad SMARTS) is 1. The zero-order valence-electron chi connectivity index (χ0n) is 18.7. The van der Waals surface area contributed by atoms with Crippen molar-refractivity contribution in [1.82, 2.24) is 15.3 Å². The number of nitrogens with zero attached hydrogens (tertiary/aromatic N) is 2. The van der Waals surface area contributed by atoms with E-state index >= 15 is 0 Å². The van der Waals surface area contributed by atoms with Crippen molar-refractivity contribution < 1.29 is 19.4 Å². The maximum Gasteiger partial charge on any atom is 0.326 e. The standard InChI is InChI=1S/C24H28Cl2N4O4/c25-18-12-27-13-19(26)21(18)23(31)30-20(24(32)33)7-9-34-17-10-14(11-17)3-5-16-6-4-15-2-1-8-28-22(15)29-16/h4,6,12-14,17,20H,1-3,5,7-11H2,(H,28,29)(H,30,31)(H,32,33). The van der Waals surface area contributed by atoms with Crippen LogP contribution in [0.3, 0.4) is 0 Å². The fourth-order valence-corrected chi connectivity index (χ4v) is 4.91. The van der Waals surface area contributed by atoms with Crippen LogP contribution in [0.5, 0.6) is 0 Å². The van der Waals surface area contributed by atoms with Crippen molar-refractivity contribution in [1.29, 1.82) is 0 Å². The molecule has 1 atom stereocenters. The fraction of sp³-hybridized carbons (Fsp3) is 0.500. The van der Waals surface area contributed by atoms with E-state index < -0.39 is 17.9 Å². The minimum Gasteiger partial charge on any atom is -0.480 e. The van der Waals surface area contributed by atoms with E-state index in [-0.39, 0.29) is 34.7 Å². The number of anilines is 1. The molecule has 4 rings (SSSR count). The Morgan fingerprint density at radius 2 is 2.00 bits per heavy atom. The van der Waals surface area contributed by atoms with Gasteiger partial charge in [-0.2, -0.15) is 0 Å². The predicted molar refractivity (Wildman–Crippen MR) is 130 cm³/mol. The number of nitrogens with one attached hydrogen (secondary N) is 2. The van der Waals surface area contributed by atoms with Gasteiger partial charge in [-0.15, -0.1) is 0 Å². The molecule has 1 saturated carbocycles. The third-order valence-electron chi connectivity index (χ3n) is 6.40. The second-order valence-electron chi connectivity index (χ2n) is 8.84. The van der Waals surface area contributed by atoms with Gasteiger partial charge >= 0.3 is 5.97 Å². The first-order valence-electron chi connectivity index (χ1n) is 11.6. The van der Waals surface area contributed by atoms with Crippen LogP contribution in [0.2, 0.25) is 10.0 Å². The van der Waals surface area contributed by atoms with Crippen molar-refractivity contribution in [2.24, 2.45) is 5.92 Å². The zero-order chi connectivity index (χ0) is 24.1. The van der Waals surface area contributed by atoms with E-state index in [9.17, 15) is 14.7 Å². The number of fused-ring (bicyclic) bond motifs is 1. The average Bonchev–Trinajstić information content (AvgIpc) is 2.78. The lowest BCUT2D eigenvalue weighted by Gasteiger charge is -2.35. The van der Waals surface area contributed by atoms with E-state index in [0.717, 1.165) is 56.6 Å². The lowest BCUT2D eigenvalue weighted by Crippen LogP contribution is -2.42. The molecule has 1 fully saturated rings. The van der Waals surface area contributed by atoms with Gasteiger partial charge in [0.25, 0.3) is 5.91 Å². The molecule has 10 heteroatoms. The summed E-state index contributed by atoms with van der Waals surface area (Å²) in [5.74, 6) is -0.176. The molecule has 3 heterocycles. The Morgan fingerprint density at radius 3 is 2.74 bits per heavy atom. The summed E-state index contributed by atoms with van der Waals surface area (Å²) < 4.78 is 5.85. The van der Waals surface area contributed by atoms with Crippen LogP contribution in [-0.4, -0.2) is 52.2 Å². The molecule has 2 aliphatic rings. The smallest absolute Gasteiger partial charge is 0.326 e. The maximum atomic E-state index is 12.5. The highest BCUT2D eigenvalue weighted by Gasteiger charge is 2.30. The highest BCUT2D eigenvalue weighted by atomic mass is 35.5. The number of halogens is 2. The van der Waals surface area contributed by atoms with Gasteiger partial charge in [-0.05, 0) is 56.1 Å². The first-order valence-corrected chi connectivity index (χ1v) is 12.3. The molecule has 182 valence electrons. The molecule has 2 aromatic heterocycles. The quantitative estimate of drug-likeness (QED) is 0.443. The Morgan fingerprint density at radius 1 is 1.24 bits per heavy atom. The van der Waals surface area contributed by atoms with E-state index in [0.29, 0.717) is 5.92 Å². The molecular weight excluding hydrogens is 479 g/mol. The van der Waals surface area contributed by atoms with Gasteiger partial charge in [0.2, 0.25) is 0 Å². The summed E-state index contributed by atoms with van der Waals surface area (Å²) in [5, 5.41) is 15.4. The van der Waals surface area contributed by atoms with Crippen molar-refractivity contribution in [2.45, 2.75) is 57.1 Å². The van der Waals surface area contributed by atoms with Crippen LogP contribution in [-0.2, 0) is 22.4 Å². The minimum atomic E-state index is -1.14. The molecular formula is C24H28Cl2N4O4. The van der Waals surface area contributed by atoms with Crippen molar-refractivity contribution in [2.75, 3.05) is 18.5 Å². The predicted octanol–water partition coefficient (Wildman–Crippen LogP) is 4.14. The molecule has 1 unspecified atom stereocenters. The average molecular weight is 507 g/mol. The van der Waals surface area contributed by atoms with Gasteiger partial charge in [-0.3, -0.25) is 9.78 Å². The van der Waals surface area contributed by atoms with Crippen LogP contribution in [0.25, 0.3) is 0 Å². The molecule has 0 radical (unpaired) electrons. The normalized spacial score (nSPS) is 19.9. The molecule has 8 nitrogen and oxygen atoms in total. The van der Waals surface area contributed by atoms with E-state index in [1.807, 2.05) is 0 Å². The number of aromatic nitrogens is 2. The third-order valence-corrected chi connectivity index (χ3v) is 6.97. The second-order valence-corrected chi connectivity index (χ2v) is 9.66. The van der Waals surface area contributed by atoms with Gasteiger partial charge < -0.3 is 20.5 Å². The Labute approximate surface area is 208 Å². The Hall–Kier alpha value is -2.42. The van der Waals surface area contributed by atoms with Crippen LogP contribution in [0.15, 0.2) is 24.5 Å². The monoisotopic (exact) mass is 506 g/mol. The number of carboxylic acids is 1. The van der Waals surface area contributed by atoms with Crippen LogP contribution >= 0.6 is 23.2 Å². The summed E-state index contributed by atoms with van der Waals surface area (Å²) in [4.78, 5) is 32.6. The number of hydrogen-bond donors (Lipinski definition) is 3. The second kappa shape index (κ2) is 11.3. The van der Waals surface area contributed by atoms with Gasteiger partial charge in [0.05, 0.1) is 21.7 Å². The highest BCUT2D eigenvalue weighted by Crippen LogP contribution is 2.34. The summed E-state index contributed by atoms with van der Waals surface area (Å²) in [6.45, 7) is 1.23. The lowest BCUT2D eigenvalue weighted by molar-refractivity contribution is -0.140. The highest BCUT2D eigenvalue weighted by molar-refractivity contribution is 6.39. The molecule has 1 amide bonds. The number of carbonyl (C=O) groups is 2. The molecule has 2 aromatic rings. The molecule has 1 aliphatic heterocycles. The SMILES string of the molecule is O=C(NC(CCOC1CC(CCc2ccc3c(n2)NCCC3)C1)C(=O)O)c1c(Cl)cncc1Cl. The summed E-state index contributed by atoms with van der Waals surface area (Å²) >= 11 is 12.0. The Kier molecular flexibility index (Phi) is 8.24. The van der Waals surface area contributed by atoms with Gasteiger partial charge in [-0.25, -0.2) is 9.78 Å². The van der Waals surface area contributed by atoms with E-state index in [1.54, 1.807) is 0 Å². The molecule has 3 N–H and O–H groups in total. The lowest BCUT2D eigenvalue weighted by atomic mass is 9.79. The van der Waals surface area contributed by atoms with Crippen molar-refractivity contribution in [3.8, 4) is 0 Å². The van der Waals surface area contributed by atoms with Crippen LogP contribution < -0.4 is 10.6 Å². The number of hydrogen-bond acceptors (Lipinski definition) is 6. The molecule has 1 aliphatic carbocycles. The number of ether oxygens (including phenoxy) is 1. The first-order chi connectivity index (χ1) is 16.4. The van der Waals surface area contributed by atoms with E-state index in [2.05, 4.69) is 27.8 Å². The number of aliphatic carboxylic acids is 1. The number of amides is 1. The molecule has 34 heavy (non-hydrogen) atoms. The summed E-state index contributed by atoms with van der Waals surface area (Å²) in [7, 11) is 0. The van der Waals surface area contributed by atoms with Crippen LogP contribution in [0, 0.1) is 5.92 Å². The van der Waals surface area contributed by atoms with Crippen molar-refractivity contribution >= 4 is 40.9 Å². The molecule has 0 spiro atoms. The maximum absolute atomic E-state index is 12.5. The molecule has 0 saturated heterocycles. The zero-order valence-corrected chi connectivity index (χ0v) is 20.2. The number of aryl methyl sites for hydroxylation is 2. The first kappa shape index (κ1) is 24.7.